The predicted molar refractivity (Wildman–Crippen MR) is 112 cm³/mol. The fourth-order valence-corrected chi connectivity index (χ4v) is 3.99. The summed E-state index contributed by atoms with van der Waals surface area (Å²) in [6.45, 7) is 7.55. The van der Waals surface area contributed by atoms with E-state index in [1.54, 1.807) is 22.5 Å². The van der Waals surface area contributed by atoms with Crippen molar-refractivity contribution in [2.45, 2.75) is 46.2 Å². The molecule has 1 saturated heterocycles. The molecular formula is C19H24ClN7O4. The summed E-state index contributed by atoms with van der Waals surface area (Å²) < 4.78 is 14.7. The molecule has 1 aliphatic rings. The zero-order chi connectivity index (χ0) is 22.1. The molecule has 4 heterocycles. The second kappa shape index (κ2) is 8.75. The number of aryl methyl sites for hydroxylation is 1. The summed E-state index contributed by atoms with van der Waals surface area (Å²) in [6.07, 6.45) is 3.19. The van der Waals surface area contributed by atoms with Crippen molar-refractivity contribution in [3.05, 3.63) is 33.0 Å². The highest BCUT2D eigenvalue weighted by Crippen LogP contribution is 2.34. The molecule has 0 radical (unpaired) electrons. The predicted octanol–water partition coefficient (Wildman–Crippen LogP) is 3.27. The zero-order valence-electron chi connectivity index (χ0n) is 17.6. The van der Waals surface area contributed by atoms with Gasteiger partial charge in [0.1, 0.15) is 5.69 Å². The number of halogens is 1. The van der Waals surface area contributed by atoms with Crippen molar-refractivity contribution in [3.8, 4) is 5.88 Å². The molecule has 12 heteroatoms. The third-order valence-electron chi connectivity index (χ3n) is 5.44. The number of hydrogen-bond acceptors (Lipinski definition) is 8. The molecule has 166 valence electrons. The standard InChI is InChI=1S/C19H24ClN7O4/c1-11(9-25-17-15(12(2)23-25)8-21-19(20)22-17)10-31-18-16(27(28)29)13(3)26(24-18)14-4-6-30-7-5-14/h8,11,14H,4-7,9-10H2,1-3H3/t11-/m0/s1. The normalized spacial score (nSPS) is 16.0. The molecule has 11 nitrogen and oxygen atoms in total. The van der Waals surface area contributed by atoms with Crippen LogP contribution in [0, 0.1) is 29.9 Å². The van der Waals surface area contributed by atoms with Crippen molar-refractivity contribution in [2.24, 2.45) is 5.92 Å². The molecule has 4 rings (SSSR count). The summed E-state index contributed by atoms with van der Waals surface area (Å²) in [5.74, 6) is 0.0390. The molecule has 0 spiro atoms. The molecule has 3 aromatic rings. The Bertz CT molecular complexity index is 1110. The Labute approximate surface area is 183 Å². The van der Waals surface area contributed by atoms with Gasteiger partial charge in [-0.1, -0.05) is 6.92 Å². The smallest absolute Gasteiger partial charge is 0.352 e. The van der Waals surface area contributed by atoms with Crippen LogP contribution in [0.15, 0.2) is 6.20 Å². The van der Waals surface area contributed by atoms with E-state index in [-0.39, 0.29) is 35.4 Å². The summed E-state index contributed by atoms with van der Waals surface area (Å²) in [5.41, 5.74) is 1.87. The van der Waals surface area contributed by atoms with E-state index in [9.17, 15) is 10.1 Å². The van der Waals surface area contributed by atoms with Gasteiger partial charge < -0.3 is 9.47 Å². The first-order valence-electron chi connectivity index (χ1n) is 10.1. The summed E-state index contributed by atoms with van der Waals surface area (Å²) in [5, 5.41) is 21.6. The van der Waals surface area contributed by atoms with Gasteiger partial charge in [-0.15, -0.1) is 5.10 Å². The zero-order valence-corrected chi connectivity index (χ0v) is 18.4. The number of nitro groups is 1. The quantitative estimate of drug-likeness (QED) is 0.306. The van der Waals surface area contributed by atoms with Crippen LogP contribution in [0.3, 0.4) is 0 Å². The number of hydrogen-bond donors (Lipinski definition) is 0. The third kappa shape index (κ3) is 4.33. The van der Waals surface area contributed by atoms with Crippen molar-refractivity contribution in [1.82, 2.24) is 29.5 Å². The Morgan fingerprint density at radius 1 is 1.35 bits per heavy atom. The topological polar surface area (TPSA) is 123 Å². The third-order valence-corrected chi connectivity index (χ3v) is 5.62. The average molecular weight is 450 g/mol. The van der Waals surface area contributed by atoms with Crippen LogP contribution in [-0.2, 0) is 11.3 Å². The number of nitrogens with zero attached hydrogens (tertiary/aromatic N) is 7. The van der Waals surface area contributed by atoms with Gasteiger partial charge in [0, 0.05) is 31.9 Å². The second-order valence-electron chi connectivity index (χ2n) is 7.84. The molecule has 1 atom stereocenters. The molecule has 0 saturated carbocycles. The molecular weight excluding hydrogens is 426 g/mol. The van der Waals surface area contributed by atoms with E-state index in [1.165, 1.54) is 0 Å². The van der Waals surface area contributed by atoms with Gasteiger partial charge in [-0.3, -0.25) is 14.8 Å². The lowest BCUT2D eigenvalue weighted by molar-refractivity contribution is -0.386. The molecule has 1 aliphatic heterocycles. The summed E-state index contributed by atoms with van der Waals surface area (Å²) in [7, 11) is 0. The van der Waals surface area contributed by atoms with Gasteiger partial charge >= 0.3 is 11.6 Å². The van der Waals surface area contributed by atoms with Gasteiger partial charge in [0.15, 0.2) is 5.65 Å². The fourth-order valence-electron chi connectivity index (χ4n) is 3.86. The van der Waals surface area contributed by atoms with E-state index >= 15 is 0 Å². The van der Waals surface area contributed by atoms with Gasteiger partial charge in [0.2, 0.25) is 5.28 Å². The second-order valence-corrected chi connectivity index (χ2v) is 8.18. The lowest BCUT2D eigenvalue weighted by Crippen LogP contribution is -2.21. The number of aromatic nitrogens is 6. The molecule has 31 heavy (non-hydrogen) atoms. The van der Waals surface area contributed by atoms with Crippen molar-refractivity contribution >= 4 is 28.3 Å². The van der Waals surface area contributed by atoms with Crippen LogP contribution in [0.4, 0.5) is 5.69 Å². The van der Waals surface area contributed by atoms with Crippen LogP contribution in [0.2, 0.25) is 5.28 Å². The molecule has 0 N–H and O–H groups in total. The van der Waals surface area contributed by atoms with Crippen LogP contribution in [-0.4, -0.2) is 54.3 Å². The fraction of sp³-hybridized carbons (Fsp3) is 0.579. The van der Waals surface area contributed by atoms with Gasteiger partial charge in [0.25, 0.3) is 0 Å². The number of fused-ring (bicyclic) bond motifs is 1. The highest BCUT2D eigenvalue weighted by atomic mass is 35.5. The largest absolute Gasteiger partial charge is 0.471 e. The monoisotopic (exact) mass is 449 g/mol. The van der Waals surface area contributed by atoms with E-state index in [0.717, 1.165) is 23.9 Å². The van der Waals surface area contributed by atoms with Gasteiger partial charge in [-0.25, -0.2) is 9.67 Å². The van der Waals surface area contributed by atoms with Crippen LogP contribution >= 0.6 is 11.6 Å². The van der Waals surface area contributed by atoms with Crippen molar-refractivity contribution in [3.63, 3.8) is 0 Å². The van der Waals surface area contributed by atoms with Crippen molar-refractivity contribution < 1.29 is 14.4 Å². The minimum Gasteiger partial charge on any atom is -0.471 e. The Morgan fingerprint density at radius 3 is 2.81 bits per heavy atom. The molecule has 1 fully saturated rings. The first-order valence-corrected chi connectivity index (χ1v) is 10.5. The Kier molecular flexibility index (Phi) is 6.05. The highest BCUT2D eigenvalue weighted by molar-refractivity contribution is 6.28. The molecule has 0 aromatic carbocycles. The minimum atomic E-state index is -0.429. The summed E-state index contributed by atoms with van der Waals surface area (Å²) in [4.78, 5) is 19.5. The van der Waals surface area contributed by atoms with Crippen LogP contribution in [0.5, 0.6) is 5.88 Å². The maximum Gasteiger partial charge on any atom is 0.352 e. The molecule has 3 aromatic heterocycles. The lowest BCUT2D eigenvalue weighted by Gasteiger charge is -2.22. The Balaban J connectivity index is 1.50. The summed E-state index contributed by atoms with van der Waals surface area (Å²) in [6, 6.07) is 0.0741. The van der Waals surface area contributed by atoms with Gasteiger partial charge in [-0.05, 0) is 38.3 Å². The number of rotatable bonds is 7. The van der Waals surface area contributed by atoms with Crippen LogP contribution in [0.1, 0.15) is 37.2 Å². The van der Waals surface area contributed by atoms with Crippen LogP contribution < -0.4 is 4.74 Å². The maximum atomic E-state index is 11.7. The van der Waals surface area contributed by atoms with Crippen molar-refractivity contribution in [1.29, 1.82) is 0 Å². The van der Waals surface area contributed by atoms with Gasteiger partial charge in [-0.2, -0.15) is 10.1 Å². The SMILES string of the molecule is Cc1nn(C[C@H](C)COc2nn(C3CCOCC3)c(C)c2[N+](=O)[O-])c2nc(Cl)ncc12. The number of ether oxygens (including phenoxy) is 2. The molecule has 0 amide bonds. The Hall–Kier alpha value is -2.79. The minimum absolute atomic E-state index is 0.00983. The van der Waals surface area contributed by atoms with Crippen LogP contribution in [0.25, 0.3) is 11.0 Å². The Morgan fingerprint density at radius 2 is 2.10 bits per heavy atom. The summed E-state index contributed by atoms with van der Waals surface area (Å²) >= 11 is 5.94. The van der Waals surface area contributed by atoms with E-state index in [1.807, 2.05) is 13.8 Å². The molecule has 0 bridgehead atoms. The average Bonchev–Trinajstić information content (AvgIpc) is 3.23. The first kappa shape index (κ1) is 21.4. The maximum absolute atomic E-state index is 11.7. The van der Waals surface area contributed by atoms with E-state index < -0.39 is 4.92 Å². The lowest BCUT2D eigenvalue weighted by atomic mass is 10.1. The van der Waals surface area contributed by atoms with Gasteiger partial charge in [0.05, 0.1) is 28.7 Å². The van der Waals surface area contributed by atoms with E-state index in [0.29, 0.717) is 31.1 Å². The first-order chi connectivity index (χ1) is 14.8. The highest BCUT2D eigenvalue weighted by Gasteiger charge is 2.30. The molecule has 0 aliphatic carbocycles. The van der Waals surface area contributed by atoms with E-state index in [2.05, 4.69) is 20.2 Å². The van der Waals surface area contributed by atoms with E-state index in [4.69, 9.17) is 21.1 Å². The van der Waals surface area contributed by atoms with Crippen molar-refractivity contribution in [2.75, 3.05) is 19.8 Å². The molecule has 0 unspecified atom stereocenters.